The number of hydrogen-bond acceptors (Lipinski definition) is 6. The van der Waals surface area contributed by atoms with Gasteiger partial charge >= 0.3 is 5.69 Å². The van der Waals surface area contributed by atoms with Crippen LogP contribution in [0.2, 0.25) is 0 Å². The zero-order chi connectivity index (χ0) is 22.1. The Kier molecular flexibility index (Phi) is 8.92. The van der Waals surface area contributed by atoms with Gasteiger partial charge in [-0.3, -0.25) is 9.36 Å². The number of terminal acetylenes is 3. The number of ether oxygens (including phenoxy) is 3. The predicted molar refractivity (Wildman–Crippen MR) is 113 cm³/mol. The molecule has 0 aromatic carbocycles. The van der Waals surface area contributed by atoms with Crippen molar-refractivity contribution >= 4 is 0 Å². The Morgan fingerprint density at radius 3 is 2.37 bits per heavy atom. The molecule has 8 heteroatoms. The van der Waals surface area contributed by atoms with Crippen LogP contribution in [-0.4, -0.2) is 66.2 Å². The fraction of sp³-hybridized carbons (Fsp3) is 0.545. The van der Waals surface area contributed by atoms with Crippen LogP contribution in [0.5, 0.6) is 0 Å². The fourth-order valence-electron chi connectivity index (χ4n) is 3.40. The second kappa shape index (κ2) is 11.4. The summed E-state index contributed by atoms with van der Waals surface area (Å²) in [6, 6.07) is 1.26. The Morgan fingerprint density at radius 1 is 1.10 bits per heavy atom. The van der Waals surface area contributed by atoms with Gasteiger partial charge in [-0.25, -0.2) is 9.36 Å². The Hall–Kier alpha value is -2.80. The average molecular weight is 413 g/mol. The molecule has 30 heavy (non-hydrogen) atoms. The van der Waals surface area contributed by atoms with Crippen LogP contribution in [0.3, 0.4) is 0 Å². The highest BCUT2D eigenvalue weighted by atomic mass is 16.6. The molecule has 1 aliphatic heterocycles. The summed E-state index contributed by atoms with van der Waals surface area (Å²) < 4.78 is 20.1. The summed E-state index contributed by atoms with van der Waals surface area (Å²) in [6.07, 6.45) is 16.5. The normalized spacial score (nSPS) is 23.1. The lowest BCUT2D eigenvalue weighted by Gasteiger charge is -2.24. The Labute approximate surface area is 176 Å². The summed E-state index contributed by atoms with van der Waals surface area (Å²) in [4.78, 5) is 27.0. The molecule has 0 radical (unpaired) electrons. The quantitative estimate of drug-likeness (QED) is 0.500. The van der Waals surface area contributed by atoms with Gasteiger partial charge in [0.2, 0.25) is 0 Å². The monoisotopic (exact) mass is 413 g/mol. The van der Waals surface area contributed by atoms with Gasteiger partial charge in [0.1, 0.15) is 25.4 Å². The molecular formula is C22H27N3O5. The van der Waals surface area contributed by atoms with E-state index in [0.29, 0.717) is 6.42 Å². The van der Waals surface area contributed by atoms with Crippen molar-refractivity contribution in [3.63, 3.8) is 0 Å². The van der Waals surface area contributed by atoms with E-state index >= 15 is 0 Å². The first-order chi connectivity index (χ1) is 14.4. The molecule has 2 heterocycles. The maximum absolute atomic E-state index is 12.9. The summed E-state index contributed by atoms with van der Waals surface area (Å²) in [5.41, 5.74) is -1.08. The van der Waals surface area contributed by atoms with Crippen molar-refractivity contribution in [3.05, 3.63) is 33.1 Å². The highest BCUT2D eigenvalue weighted by molar-refractivity contribution is 4.99. The van der Waals surface area contributed by atoms with Crippen molar-refractivity contribution in [1.29, 1.82) is 0 Å². The zero-order valence-electron chi connectivity index (χ0n) is 17.3. The highest BCUT2D eigenvalue weighted by Gasteiger charge is 2.47. The molecule has 0 saturated carbocycles. The molecule has 0 amide bonds. The average Bonchev–Trinajstić information content (AvgIpc) is 3.04. The maximum Gasteiger partial charge on any atom is 0.334 e. The van der Waals surface area contributed by atoms with Crippen LogP contribution in [0.25, 0.3) is 0 Å². The minimum absolute atomic E-state index is 0.00357. The van der Waals surface area contributed by atoms with E-state index in [0.717, 1.165) is 17.5 Å². The number of nitrogens with zero attached hydrogens (tertiary/aromatic N) is 3. The molecule has 0 unspecified atom stereocenters. The first-order valence-electron chi connectivity index (χ1n) is 9.60. The van der Waals surface area contributed by atoms with Crippen LogP contribution in [-0.2, 0) is 20.8 Å². The van der Waals surface area contributed by atoms with Crippen LogP contribution >= 0.6 is 0 Å². The summed E-state index contributed by atoms with van der Waals surface area (Å²) in [5, 5.41) is 0. The minimum Gasteiger partial charge on any atom is -0.360 e. The van der Waals surface area contributed by atoms with Crippen LogP contribution in [0.15, 0.2) is 21.9 Å². The highest BCUT2D eigenvalue weighted by Crippen LogP contribution is 2.35. The molecule has 1 aliphatic rings. The molecule has 4 atom stereocenters. The fourth-order valence-corrected chi connectivity index (χ4v) is 3.40. The van der Waals surface area contributed by atoms with E-state index in [-0.39, 0.29) is 25.9 Å². The van der Waals surface area contributed by atoms with Crippen molar-refractivity contribution in [1.82, 2.24) is 14.0 Å². The van der Waals surface area contributed by atoms with Gasteiger partial charge in [-0.05, 0) is 33.5 Å². The number of rotatable bonds is 10. The molecular weight excluding hydrogens is 386 g/mol. The standard InChI is InChI=1S/C22H27N3O5/c1-6-12-24-18(26)11-14-25(22(24)27)21-20(29-16-8-3)19(28-15-7-2)17(30-21)10-9-13-23(4)5/h1-3,11,14,17,19-21H,9-10,12-13,15-16H2,4-5H3/t17-,19-,20-,21-/m1/s1. The lowest BCUT2D eigenvalue weighted by Crippen LogP contribution is -2.44. The molecule has 2 rings (SSSR count). The molecule has 0 spiro atoms. The lowest BCUT2D eigenvalue weighted by atomic mass is 10.1. The maximum atomic E-state index is 12.9. The Balaban J connectivity index is 2.41. The van der Waals surface area contributed by atoms with Crippen LogP contribution in [0.4, 0.5) is 0 Å². The molecule has 0 N–H and O–H groups in total. The molecule has 160 valence electrons. The first-order valence-corrected chi connectivity index (χ1v) is 9.60. The van der Waals surface area contributed by atoms with Crippen LogP contribution < -0.4 is 11.2 Å². The van der Waals surface area contributed by atoms with E-state index < -0.39 is 29.7 Å². The number of hydrogen-bond donors (Lipinski definition) is 0. The van der Waals surface area contributed by atoms with Crippen molar-refractivity contribution in [3.8, 4) is 37.0 Å². The second-order valence-corrected chi connectivity index (χ2v) is 7.10. The zero-order valence-corrected chi connectivity index (χ0v) is 17.3. The SMILES string of the molecule is C#CCO[C@@H]1[C@H](OCC#C)[C@@H](CCCN(C)C)O[C@H]1n1ccc(=O)n(CC#C)c1=O. The van der Waals surface area contributed by atoms with E-state index in [1.807, 2.05) is 14.1 Å². The van der Waals surface area contributed by atoms with Crippen molar-refractivity contribution < 1.29 is 14.2 Å². The van der Waals surface area contributed by atoms with Crippen molar-refractivity contribution in [2.45, 2.75) is 43.9 Å². The van der Waals surface area contributed by atoms with E-state index in [9.17, 15) is 9.59 Å². The van der Waals surface area contributed by atoms with Gasteiger partial charge < -0.3 is 19.1 Å². The third kappa shape index (κ3) is 5.63. The summed E-state index contributed by atoms with van der Waals surface area (Å²) in [5.74, 6) is 7.18. The van der Waals surface area contributed by atoms with Gasteiger partial charge in [-0.15, -0.1) is 19.3 Å². The van der Waals surface area contributed by atoms with Gasteiger partial charge in [-0.2, -0.15) is 0 Å². The lowest BCUT2D eigenvalue weighted by molar-refractivity contribution is -0.0679. The molecule has 8 nitrogen and oxygen atoms in total. The molecule has 1 fully saturated rings. The minimum atomic E-state index is -0.845. The van der Waals surface area contributed by atoms with Crippen molar-refractivity contribution in [2.24, 2.45) is 0 Å². The molecule has 0 aliphatic carbocycles. The topological polar surface area (TPSA) is 74.9 Å². The summed E-state index contributed by atoms with van der Waals surface area (Å²) in [6.45, 7) is 0.773. The van der Waals surface area contributed by atoms with E-state index in [4.69, 9.17) is 33.5 Å². The van der Waals surface area contributed by atoms with Gasteiger partial charge in [0.25, 0.3) is 5.56 Å². The largest absolute Gasteiger partial charge is 0.360 e. The molecule has 0 bridgehead atoms. The van der Waals surface area contributed by atoms with Gasteiger partial charge in [-0.1, -0.05) is 17.8 Å². The summed E-state index contributed by atoms with van der Waals surface area (Å²) >= 11 is 0. The van der Waals surface area contributed by atoms with Gasteiger partial charge in [0.15, 0.2) is 6.23 Å². The van der Waals surface area contributed by atoms with E-state index in [2.05, 4.69) is 22.7 Å². The Bertz CT molecular complexity index is 944. The van der Waals surface area contributed by atoms with E-state index in [1.54, 1.807) is 0 Å². The molecule has 1 aromatic rings. The molecule has 1 aromatic heterocycles. The second-order valence-electron chi connectivity index (χ2n) is 7.10. The predicted octanol–water partition coefficient (Wildman–Crippen LogP) is -0.0808. The van der Waals surface area contributed by atoms with Crippen molar-refractivity contribution in [2.75, 3.05) is 33.9 Å². The summed E-state index contributed by atoms with van der Waals surface area (Å²) in [7, 11) is 3.97. The smallest absolute Gasteiger partial charge is 0.334 e. The molecule has 1 saturated heterocycles. The number of aromatic nitrogens is 2. The first kappa shape index (κ1) is 23.5. The van der Waals surface area contributed by atoms with Crippen LogP contribution in [0.1, 0.15) is 19.1 Å². The van der Waals surface area contributed by atoms with E-state index in [1.165, 1.54) is 16.8 Å². The third-order valence-electron chi connectivity index (χ3n) is 4.72. The third-order valence-corrected chi connectivity index (χ3v) is 4.72. The van der Waals surface area contributed by atoms with Gasteiger partial charge in [0, 0.05) is 12.3 Å². The van der Waals surface area contributed by atoms with Crippen LogP contribution in [0, 0.1) is 37.0 Å². The Morgan fingerprint density at radius 2 is 1.77 bits per heavy atom. The van der Waals surface area contributed by atoms with Gasteiger partial charge in [0.05, 0.1) is 12.6 Å².